The Bertz CT molecular complexity index is 1100. The van der Waals surface area contributed by atoms with Crippen LogP contribution in [0.1, 0.15) is 18.7 Å². The number of para-hydroxylation sites is 3. The molecule has 3 heterocycles. The number of aryl methyl sites for hydroxylation is 1. The molecule has 3 aromatic rings. The van der Waals surface area contributed by atoms with Crippen molar-refractivity contribution in [1.82, 2.24) is 19.4 Å². The molecular weight excluding hydrogens is 422 g/mol. The van der Waals surface area contributed by atoms with Crippen LogP contribution in [-0.4, -0.2) is 64.5 Å². The molecule has 0 spiro atoms. The zero-order valence-corrected chi connectivity index (χ0v) is 19.3. The number of halogens is 1. The van der Waals surface area contributed by atoms with Gasteiger partial charge in [0, 0.05) is 39.8 Å². The zero-order chi connectivity index (χ0) is 22.1. The van der Waals surface area contributed by atoms with Gasteiger partial charge in [-0.15, -0.1) is 0 Å². The molecule has 168 valence electrons. The topological polar surface area (TPSA) is 44.6 Å². The van der Waals surface area contributed by atoms with Crippen molar-refractivity contribution in [3.63, 3.8) is 0 Å². The number of rotatable bonds is 4. The number of carbonyl (C=O) groups is 1. The van der Waals surface area contributed by atoms with Gasteiger partial charge in [-0.3, -0.25) is 9.69 Å². The smallest absolute Gasteiger partial charge is 0.227 e. The van der Waals surface area contributed by atoms with Crippen molar-refractivity contribution in [3.8, 4) is 0 Å². The summed E-state index contributed by atoms with van der Waals surface area (Å²) in [4.78, 5) is 24.9. The second kappa shape index (κ2) is 9.12. The van der Waals surface area contributed by atoms with E-state index in [0.717, 1.165) is 86.2 Å². The number of anilines is 1. The Morgan fingerprint density at radius 3 is 2.56 bits per heavy atom. The zero-order valence-electron chi connectivity index (χ0n) is 18.6. The highest BCUT2D eigenvalue weighted by atomic mass is 35.5. The summed E-state index contributed by atoms with van der Waals surface area (Å²) in [6.45, 7) is 5.78. The first-order chi connectivity index (χ1) is 15.6. The summed E-state index contributed by atoms with van der Waals surface area (Å²) < 4.78 is 2.18. The van der Waals surface area contributed by atoms with E-state index in [1.807, 2.05) is 24.3 Å². The van der Waals surface area contributed by atoms with E-state index in [4.69, 9.17) is 16.6 Å². The number of likely N-dealkylation sites (tertiary alicyclic amines) is 1. The lowest BCUT2D eigenvalue weighted by molar-refractivity contribution is -0.137. The van der Waals surface area contributed by atoms with E-state index < -0.39 is 0 Å². The van der Waals surface area contributed by atoms with Gasteiger partial charge in [-0.25, -0.2) is 4.98 Å². The minimum absolute atomic E-state index is 0.0743. The van der Waals surface area contributed by atoms with Crippen molar-refractivity contribution in [2.24, 2.45) is 13.0 Å². The summed E-state index contributed by atoms with van der Waals surface area (Å²) in [5.74, 6) is 1.44. The van der Waals surface area contributed by atoms with Crippen LogP contribution in [0.4, 0.5) is 5.69 Å². The number of hydrogen-bond donors (Lipinski definition) is 0. The first kappa shape index (κ1) is 21.3. The largest absolute Gasteiger partial charge is 0.367 e. The highest BCUT2D eigenvalue weighted by molar-refractivity contribution is 6.33. The van der Waals surface area contributed by atoms with Crippen LogP contribution >= 0.6 is 11.6 Å². The summed E-state index contributed by atoms with van der Waals surface area (Å²) in [5, 5.41) is 0.775. The van der Waals surface area contributed by atoms with Gasteiger partial charge in [0.2, 0.25) is 5.91 Å². The standard InChI is InChI=1S/C25H30ClN5O/c1-28-23-11-5-3-9-21(23)27-24(28)18-29-12-6-7-19(17-29)25(32)31-15-13-30(14-16-31)22-10-4-2-8-20(22)26/h2-5,8-11,19H,6-7,12-18H2,1H3/t19-/m0/s1. The van der Waals surface area contributed by atoms with Gasteiger partial charge in [-0.2, -0.15) is 0 Å². The van der Waals surface area contributed by atoms with Crippen molar-refractivity contribution in [2.75, 3.05) is 44.2 Å². The Morgan fingerprint density at radius 1 is 1.03 bits per heavy atom. The molecule has 0 unspecified atom stereocenters. The molecule has 1 aromatic heterocycles. The second-order valence-electron chi connectivity index (χ2n) is 8.91. The molecule has 2 aliphatic heterocycles. The van der Waals surface area contributed by atoms with Gasteiger partial charge in [0.15, 0.2) is 0 Å². The maximum atomic E-state index is 13.3. The number of benzene rings is 2. The molecule has 0 aliphatic carbocycles. The average Bonchev–Trinajstić information content (AvgIpc) is 3.14. The van der Waals surface area contributed by atoms with Gasteiger partial charge in [0.25, 0.3) is 0 Å². The van der Waals surface area contributed by atoms with Crippen LogP contribution in [0, 0.1) is 5.92 Å². The fourth-order valence-electron chi connectivity index (χ4n) is 5.07. The molecule has 2 aromatic carbocycles. The molecule has 1 amide bonds. The molecule has 32 heavy (non-hydrogen) atoms. The number of imidazole rings is 1. The number of piperazine rings is 1. The van der Waals surface area contributed by atoms with Gasteiger partial charge < -0.3 is 14.4 Å². The minimum Gasteiger partial charge on any atom is -0.367 e. The van der Waals surface area contributed by atoms with Gasteiger partial charge in [-0.1, -0.05) is 35.9 Å². The highest BCUT2D eigenvalue weighted by Crippen LogP contribution is 2.27. The number of fused-ring (bicyclic) bond motifs is 1. The van der Waals surface area contributed by atoms with E-state index in [2.05, 4.69) is 50.6 Å². The average molecular weight is 452 g/mol. The van der Waals surface area contributed by atoms with Gasteiger partial charge in [0.05, 0.1) is 34.2 Å². The molecule has 6 nitrogen and oxygen atoms in total. The maximum absolute atomic E-state index is 13.3. The van der Waals surface area contributed by atoms with E-state index in [1.165, 1.54) is 0 Å². The molecule has 0 bridgehead atoms. The maximum Gasteiger partial charge on any atom is 0.227 e. The highest BCUT2D eigenvalue weighted by Gasteiger charge is 2.31. The van der Waals surface area contributed by atoms with Crippen molar-refractivity contribution in [2.45, 2.75) is 19.4 Å². The van der Waals surface area contributed by atoms with Gasteiger partial charge >= 0.3 is 0 Å². The minimum atomic E-state index is 0.0743. The van der Waals surface area contributed by atoms with E-state index in [-0.39, 0.29) is 5.92 Å². The van der Waals surface area contributed by atoms with Crippen LogP contribution in [0.5, 0.6) is 0 Å². The van der Waals surface area contributed by atoms with Crippen molar-refractivity contribution >= 4 is 34.2 Å². The van der Waals surface area contributed by atoms with Crippen LogP contribution in [0.15, 0.2) is 48.5 Å². The number of aromatic nitrogens is 2. The van der Waals surface area contributed by atoms with Crippen LogP contribution in [0.25, 0.3) is 11.0 Å². The summed E-state index contributed by atoms with van der Waals surface area (Å²) in [6, 6.07) is 16.2. The first-order valence-electron chi connectivity index (χ1n) is 11.5. The predicted molar refractivity (Wildman–Crippen MR) is 129 cm³/mol. The molecule has 0 N–H and O–H groups in total. The Balaban J connectivity index is 1.19. The number of carbonyl (C=O) groups excluding carboxylic acids is 1. The summed E-state index contributed by atoms with van der Waals surface area (Å²) in [7, 11) is 2.08. The van der Waals surface area contributed by atoms with Crippen LogP contribution in [0.3, 0.4) is 0 Å². The molecule has 2 fully saturated rings. The predicted octanol–water partition coefficient (Wildman–Crippen LogP) is 3.79. The molecule has 2 aliphatic rings. The van der Waals surface area contributed by atoms with Crippen molar-refractivity contribution in [1.29, 1.82) is 0 Å². The van der Waals surface area contributed by atoms with Gasteiger partial charge in [0.1, 0.15) is 5.82 Å². The lowest BCUT2D eigenvalue weighted by Crippen LogP contribution is -2.52. The Morgan fingerprint density at radius 2 is 1.78 bits per heavy atom. The molecular formula is C25H30ClN5O. The number of hydrogen-bond acceptors (Lipinski definition) is 4. The Labute approximate surface area is 194 Å². The van der Waals surface area contributed by atoms with Crippen LogP contribution in [0.2, 0.25) is 5.02 Å². The molecule has 0 radical (unpaired) electrons. The van der Waals surface area contributed by atoms with E-state index in [0.29, 0.717) is 5.91 Å². The van der Waals surface area contributed by atoms with Crippen molar-refractivity contribution < 1.29 is 4.79 Å². The van der Waals surface area contributed by atoms with E-state index in [1.54, 1.807) is 0 Å². The monoisotopic (exact) mass is 451 g/mol. The third-order valence-corrected chi connectivity index (χ3v) is 7.20. The Kier molecular flexibility index (Phi) is 6.07. The lowest BCUT2D eigenvalue weighted by atomic mass is 9.96. The fraction of sp³-hybridized carbons (Fsp3) is 0.440. The lowest BCUT2D eigenvalue weighted by Gasteiger charge is -2.39. The summed E-state index contributed by atoms with van der Waals surface area (Å²) in [5.41, 5.74) is 3.25. The molecule has 7 heteroatoms. The van der Waals surface area contributed by atoms with Crippen LogP contribution < -0.4 is 4.90 Å². The quantitative estimate of drug-likeness (QED) is 0.605. The summed E-state index contributed by atoms with van der Waals surface area (Å²) in [6.07, 6.45) is 2.03. The third kappa shape index (κ3) is 4.21. The molecule has 5 rings (SSSR count). The number of nitrogens with zero attached hydrogens (tertiary/aromatic N) is 5. The fourth-order valence-corrected chi connectivity index (χ4v) is 5.33. The summed E-state index contributed by atoms with van der Waals surface area (Å²) >= 11 is 6.36. The van der Waals surface area contributed by atoms with Gasteiger partial charge in [-0.05, 0) is 43.7 Å². The molecule has 1 atom stereocenters. The van der Waals surface area contributed by atoms with E-state index in [9.17, 15) is 4.79 Å². The normalized spacial score (nSPS) is 20.1. The van der Waals surface area contributed by atoms with Crippen molar-refractivity contribution in [3.05, 3.63) is 59.4 Å². The third-order valence-electron chi connectivity index (χ3n) is 6.88. The van der Waals surface area contributed by atoms with Crippen LogP contribution in [-0.2, 0) is 18.4 Å². The first-order valence-corrected chi connectivity index (χ1v) is 11.9. The number of piperidine rings is 1. The second-order valence-corrected chi connectivity index (χ2v) is 9.32. The Hall–Kier alpha value is -2.57. The molecule has 2 saturated heterocycles. The molecule has 0 saturated carbocycles. The number of amides is 1. The SMILES string of the molecule is Cn1c(CN2CCC[C@H](C(=O)N3CCN(c4ccccc4Cl)CC3)C2)nc2ccccc21. The van der Waals surface area contributed by atoms with E-state index >= 15 is 0 Å².